The molecule has 0 saturated carbocycles. The Morgan fingerprint density at radius 1 is 1.25 bits per heavy atom. The molecule has 0 atom stereocenters. The van der Waals surface area contributed by atoms with Crippen LogP contribution in [-0.4, -0.2) is 25.5 Å². The van der Waals surface area contributed by atoms with Crippen molar-refractivity contribution in [1.82, 2.24) is 10.6 Å². The maximum atomic E-state index is 12.6. The quantitative estimate of drug-likeness (QED) is 0.720. The van der Waals surface area contributed by atoms with E-state index in [1.165, 1.54) is 24.3 Å². The monoisotopic (exact) mass is 224 g/mol. The van der Waals surface area contributed by atoms with Crippen molar-refractivity contribution in [3.05, 3.63) is 35.6 Å². The highest BCUT2D eigenvalue weighted by atomic mass is 19.1. The summed E-state index contributed by atoms with van der Waals surface area (Å²) in [6.45, 7) is 4.49. The molecule has 0 heterocycles. The predicted octanol–water partition coefficient (Wildman–Crippen LogP) is 1.56. The first kappa shape index (κ1) is 12.6. The molecular formula is C12H17FN2O. The molecule has 0 bridgehead atoms. The molecule has 0 fully saturated rings. The van der Waals surface area contributed by atoms with Crippen molar-refractivity contribution in [2.45, 2.75) is 13.3 Å². The molecule has 2 N–H and O–H groups in total. The Morgan fingerprint density at radius 2 is 1.94 bits per heavy atom. The third-order valence-electron chi connectivity index (χ3n) is 2.17. The molecule has 16 heavy (non-hydrogen) atoms. The first-order valence-electron chi connectivity index (χ1n) is 5.48. The van der Waals surface area contributed by atoms with Crippen LogP contribution >= 0.6 is 0 Å². The van der Waals surface area contributed by atoms with Crippen molar-refractivity contribution in [2.24, 2.45) is 0 Å². The minimum Gasteiger partial charge on any atom is -0.352 e. The average molecular weight is 224 g/mol. The average Bonchev–Trinajstić information content (AvgIpc) is 2.29. The van der Waals surface area contributed by atoms with Crippen LogP contribution in [0.3, 0.4) is 0 Å². The van der Waals surface area contributed by atoms with Crippen molar-refractivity contribution < 1.29 is 9.18 Å². The normalized spacial score (nSPS) is 10.1. The summed E-state index contributed by atoms with van der Waals surface area (Å²) in [5.74, 6) is -0.486. The van der Waals surface area contributed by atoms with E-state index in [0.29, 0.717) is 12.1 Å². The molecular weight excluding hydrogens is 207 g/mol. The highest BCUT2D eigenvalue weighted by Gasteiger charge is 2.03. The molecule has 1 aromatic rings. The van der Waals surface area contributed by atoms with E-state index in [1.54, 1.807) is 0 Å². The summed E-state index contributed by atoms with van der Waals surface area (Å²) >= 11 is 0. The highest BCUT2D eigenvalue weighted by Crippen LogP contribution is 2.02. The van der Waals surface area contributed by atoms with E-state index in [0.717, 1.165) is 19.5 Å². The minimum absolute atomic E-state index is 0.156. The highest BCUT2D eigenvalue weighted by molar-refractivity contribution is 5.94. The first-order chi connectivity index (χ1) is 7.74. The second kappa shape index (κ2) is 6.95. The van der Waals surface area contributed by atoms with Crippen molar-refractivity contribution in [1.29, 1.82) is 0 Å². The molecule has 1 aromatic carbocycles. The number of nitrogens with one attached hydrogen (secondary N) is 2. The molecule has 0 aliphatic carbocycles. The zero-order chi connectivity index (χ0) is 11.8. The van der Waals surface area contributed by atoms with Crippen LogP contribution in [0.2, 0.25) is 0 Å². The van der Waals surface area contributed by atoms with Crippen LogP contribution in [0.1, 0.15) is 23.7 Å². The van der Waals surface area contributed by atoms with Gasteiger partial charge in [-0.05, 0) is 43.8 Å². The van der Waals surface area contributed by atoms with Crippen LogP contribution < -0.4 is 10.6 Å². The first-order valence-corrected chi connectivity index (χ1v) is 5.48. The Bertz CT molecular complexity index is 324. The van der Waals surface area contributed by atoms with Crippen molar-refractivity contribution >= 4 is 5.91 Å². The van der Waals surface area contributed by atoms with Gasteiger partial charge in [0, 0.05) is 12.1 Å². The van der Waals surface area contributed by atoms with Gasteiger partial charge in [-0.25, -0.2) is 4.39 Å². The fraction of sp³-hybridized carbons (Fsp3) is 0.417. The van der Waals surface area contributed by atoms with Gasteiger partial charge in [-0.15, -0.1) is 0 Å². The molecule has 0 unspecified atom stereocenters. The van der Waals surface area contributed by atoms with Gasteiger partial charge in [0.2, 0.25) is 0 Å². The molecule has 0 aromatic heterocycles. The van der Waals surface area contributed by atoms with Crippen LogP contribution in [0.5, 0.6) is 0 Å². The van der Waals surface area contributed by atoms with Crippen LogP contribution in [0.4, 0.5) is 4.39 Å². The Labute approximate surface area is 95.0 Å². The SMILES string of the molecule is CCNCCCNC(=O)c1ccc(F)cc1. The largest absolute Gasteiger partial charge is 0.352 e. The third-order valence-corrected chi connectivity index (χ3v) is 2.17. The van der Waals surface area contributed by atoms with Crippen molar-refractivity contribution in [3.63, 3.8) is 0 Å². The van der Waals surface area contributed by atoms with E-state index in [9.17, 15) is 9.18 Å². The minimum atomic E-state index is -0.330. The van der Waals surface area contributed by atoms with Crippen LogP contribution in [0.15, 0.2) is 24.3 Å². The van der Waals surface area contributed by atoms with E-state index in [2.05, 4.69) is 10.6 Å². The lowest BCUT2D eigenvalue weighted by Crippen LogP contribution is -2.27. The van der Waals surface area contributed by atoms with E-state index in [1.807, 2.05) is 6.92 Å². The molecule has 4 heteroatoms. The molecule has 0 aliphatic rings. The maximum Gasteiger partial charge on any atom is 0.251 e. The van der Waals surface area contributed by atoms with Gasteiger partial charge in [0.25, 0.3) is 5.91 Å². The van der Waals surface area contributed by atoms with Crippen molar-refractivity contribution in [2.75, 3.05) is 19.6 Å². The van der Waals surface area contributed by atoms with Crippen LogP contribution in [0.25, 0.3) is 0 Å². The fourth-order valence-electron chi connectivity index (χ4n) is 1.30. The van der Waals surface area contributed by atoms with Gasteiger partial charge in [0.15, 0.2) is 0 Å². The zero-order valence-electron chi connectivity index (χ0n) is 9.42. The number of benzene rings is 1. The van der Waals surface area contributed by atoms with Gasteiger partial charge >= 0.3 is 0 Å². The smallest absolute Gasteiger partial charge is 0.251 e. The molecule has 3 nitrogen and oxygen atoms in total. The van der Waals surface area contributed by atoms with Gasteiger partial charge in [0.05, 0.1) is 0 Å². The van der Waals surface area contributed by atoms with E-state index in [4.69, 9.17) is 0 Å². The topological polar surface area (TPSA) is 41.1 Å². The van der Waals surface area contributed by atoms with Crippen LogP contribution in [-0.2, 0) is 0 Å². The van der Waals surface area contributed by atoms with Crippen molar-refractivity contribution in [3.8, 4) is 0 Å². The number of rotatable bonds is 6. The molecule has 88 valence electrons. The van der Waals surface area contributed by atoms with Crippen LogP contribution in [0, 0.1) is 5.82 Å². The second-order valence-electron chi connectivity index (χ2n) is 3.47. The third kappa shape index (κ3) is 4.40. The number of hydrogen-bond donors (Lipinski definition) is 2. The summed E-state index contributed by atoms with van der Waals surface area (Å²) in [7, 11) is 0. The number of hydrogen-bond acceptors (Lipinski definition) is 2. The number of amides is 1. The summed E-state index contributed by atoms with van der Waals surface area (Å²) < 4.78 is 12.6. The number of carbonyl (C=O) groups excluding carboxylic acids is 1. The Balaban J connectivity index is 2.27. The van der Waals surface area contributed by atoms with Gasteiger partial charge in [-0.3, -0.25) is 4.79 Å². The molecule has 0 spiro atoms. The lowest BCUT2D eigenvalue weighted by atomic mass is 10.2. The summed E-state index contributed by atoms with van der Waals surface area (Å²) in [6.07, 6.45) is 0.890. The van der Waals surface area contributed by atoms with Gasteiger partial charge < -0.3 is 10.6 Å². The summed E-state index contributed by atoms with van der Waals surface area (Å²) in [4.78, 5) is 11.5. The molecule has 1 rings (SSSR count). The Kier molecular flexibility index (Phi) is 5.50. The second-order valence-corrected chi connectivity index (χ2v) is 3.47. The lowest BCUT2D eigenvalue weighted by Gasteiger charge is -2.05. The van der Waals surface area contributed by atoms with E-state index < -0.39 is 0 Å². The lowest BCUT2D eigenvalue weighted by molar-refractivity contribution is 0.0953. The molecule has 0 radical (unpaired) electrons. The Morgan fingerprint density at radius 3 is 2.56 bits per heavy atom. The summed E-state index contributed by atoms with van der Waals surface area (Å²) in [6, 6.07) is 5.53. The van der Waals surface area contributed by atoms with Gasteiger partial charge in [0.1, 0.15) is 5.82 Å². The van der Waals surface area contributed by atoms with E-state index in [-0.39, 0.29) is 11.7 Å². The summed E-state index contributed by atoms with van der Waals surface area (Å²) in [5, 5.41) is 5.94. The molecule has 0 saturated heterocycles. The predicted molar refractivity (Wildman–Crippen MR) is 61.9 cm³/mol. The number of carbonyl (C=O) groups is 1. The summed E-state index contributed by atoms with van der Waals surface area (Å²) in [5.41, 5.74) is 0.491. The van der Waals surface area contributed by atoms with E-state index >= 15 is 0 Å². The standard InChI is InChI=1S/C12H17FN2O/c1-2-14-8-3-9-15-12(16)10-4-6-11(13)7-5-10/h4-7,14H,2-3,8-9H2,1H3,(H,15,16). The number of halogens is 1. The zero-order valence-corrected chi connectivity index (χ0v) is 9.42. The van der Waals surface area contributed by atoms with Gasteiger partial charge in [-0.1, -0.05) is 6.92 Å². The Hall–Kier alpha value is -1.42. The maximum absolute atomic E-state index is 12.6. The van der Waals surface area contributed by atoms with Gasteiger partial charge in [-0.2, -0.15) is 0 Å². The molecule has 0 aliphatic heterocycles. The fourth-order valence-corrected chi connectivity index (χ4v) is 1.30. The molecule has 1 amide bonds.